The van der Waals surface area contributed by atoms with Crippen molar-refractivity contribution in [2.75, 3.05) is 20.2 Å². The highest BCUT2D eigenvalue weighted by molar-refractivity contribution is 7.95. The Balaban J connectivity index is 1.45. The van der Waals surface area contributed by atoms with Gasteiger partial charge in [0.05, 0.1) is 16.9 Å². The average molecular weight is 454 g/mol. The minimum absolute atomic E-state index is 0.0391. The Morgan fingerprint density at radius 1 is 1.09 bits per heavy atom. The molecule has 6 heteroatoms. The molecule has 0 aromatic heterocycles. The zero-order valence-corrected chi connectivity index (χ0v) is 19.7. The predicted octanol–water partition coefficient (Wildman–Crippen LogP) is 4.59. The normalized spacial score (nSPS) is 21.3. The number of rotatable bonds is 7. The van der Waals surface area contributed by atoms with Crippen molar-refractivity contribution in [1.29, 1.82) is 0 Å². The molecule has 2 unspecified atom stereocenters. The molecule has 32 heavy (non-hydrogen) atoms. The van der Waals surface area contributed by atoms with Gasteiger partial charge < -0.3 is 9.84 Å². The number of methoxy groups -OCH3 is 1. The fraction of sp³-hybridized carbons (Fsp3) is 0.385. The first-order valence-electron chi connectivity index (χ1n) is 11.0. The Bertz CT molecular complexity index is 1140. The van der Waals surface area contributed by atoms with Gasteiger partial charge in [-0.15, -0.1) is 0 Å². The lowest BCUT2D eigenvalue weighted by Gasteiger charge is -2.36. The van der Waals surface area contributed by atoms with E-state index in [0.29, 0.717) is 21.5 Å². The summed E-state index contributed by atoms with van der Waals surface area (Å²) in [4.78, 5) is 3.22. The largest absolute Gasteiger partial charge is 0.504 e. The highest BCUT2D eigenvalue weighted by Crippen LogP contribution is 2.38. The van der Waals surface area contributed by atoms with E-state index in [9.17, 15) is 13.5 Å². The Morgan fingerprint density at radius 3 is 2.53 bits per heavy atom. The fourth-order valence-corrected chi connectivity index (χ4v) is 6.01. The Kier molecular flexibility index (Phi) is 6.19. The van der Waals surface area contributed by atoms with E-state index >= 15 is 0 Å². The van der Waals surface area contributed by atoms with Crippen molar-refractivity contribution < 1.29 is 18.3 Å². The maximum Gasteiger partial charge on any atom is 0.206 e. The Hall–Kier alpha value is -2.57. The maximum atomic E-state index is 13.0. The molecule has 1 aliphatic heterocycles. The van der Waals surface area contributed by atoms with Crippen LogP contribution in [0.1, 0.15) is 25.8 Å². The summed E-state index contributed by atoms with van der Waals surface area (Å²) in [5, 5.41) is 9.82. The van der Waals surface area contributed by atoms with Crippen LogP contribution in [0.25, 0.3) is 0 Å². The molecule has 1 saturated heterocycles. The van der Waals surface area contributed by atoms with Crippen LogP contribution < -0.4 is 4.74 Å². The zero-order chi connectivity index (χ0) is 22.9. The topological polar surface area (TPSA) is 66.8 Å². The second kappa shape index (κ2) is 8.75. The molecule has 0 saturated carbocycles. The highest BCUT2D eigenvalue weighted by atomic mass is 32.2. The molecule has 2 atom stereocenters. The van der Waals surface area contributed by atoms with E-state index in [1.165, 1.54) is 0 Å². The molecular weight excluding hydrogens is 422 g/mol. The average Bonchev–Trinajstić information content (AvgIpc) is 3.24. The number of aryl methyl sites for hydroxylation is 1. The summed E-state index contributed by atoms with van der Waals surface area (Å²) in [6.45, 7) is 6.25. The lowest BCUT2D eigenvalue weighted by molar-refractivity contribution is 0.139. The number of hydrogen-bond donors (Lipinski definition) is 1. The molecule has 1 fully saturated rings. The number of phenolic OH excluding ortho intramolecular Hbond substituents is 1. The summed E-state index contributed by atoms with van der Waals surface area (Å²) in [7, 11) is -1.93. The SMILES string of the molecule is COc1cc(CCC(C)(C)N2CC3C=CC(S(=O)(=O)c4ccccc4)=CC3C2)ccc1O. The number of aromatic hydroxyl groups is 1. The fourth-order valence-electron chi connectivity index (χ4n) is 4.61. The molecular formula is C26H31NO4S. The standard InChI is InChI=1S/C26H31NO4S/c1-26(2,14-13-19-9-12-24(28)25(15-19)31-3)27-17-20-10-11-23(16-21(20)18-27)32(29,30)22-7-5-4-6-8-22/h4-12,15-16,20-21,28H,13-14,17-18H2,1-3H3. The summed E-state index contributed by atoms with van der Waals surface area (Å²) >= 11 is 0. The van der Waals surface area contributed by atoms with Gasteiger partial charge in [0.1, 0.15) is 0 Å². The molecule has 2 aromatic carbocycles. The summed E-state index contributed by atoms with van der Waals surface area (Å²) in [6, 6.07) is 14.1. The number of fused-ring (bicyclic) bond motifs is 1. The number of allylic oxidation sites excluding steroid dienone is 1. The molecule has 1 aliphatic carbocycles. The molecule has 0 spiro atoms. The van der Waals surface area contributed by atoms with Gasteiger partial charge in [-0.2, -0.15) is 0 Å². The third kappa shape index (κ3) is 4.48. The summed E-state index contributed by atoms with van der Waals surface area (Å²) in [6.07, 6.45) is 7.62. The van der Waals surface area contributed by atoms with Crippen LogP contribution in [-0.2, 0) is 16.3 Å². The van der Waals surface area contributed by atoms with Gasteiger partial charge >= 0.3 is 0 Å². The van der Waals surface area contributed by atoms with Gasteiger partial charge in [0.15, 0.2) is 11.5 Å². The van der Waals surface area contributed by atoms with Crippen molar-refractivity contribution in [3.63, 3.8) is 0 Å². The number of sulfone groups is 1. The third-order valence-electron chi connectivity index (χ3n) is 6.79. The molecule has 1 heterocycles. The van der Waals surface area contributed by atoms with Gasteiger partial charge in [0, 0.05) is 18.6 Å². The number of phenols is 1. The first-order valence-corrected chi connectivity index (χ1v) is 12.5. The zero-order valence-electron chi connectivity index (χ0n) is 18.9. The molecule has 0 radical (unpaired) electrons. The van der Waals surface area contributed by atoms with Gasteiger partial charge in [-0.1, -0.05) is 36.4 Å². The number of benzene rings is 2. The van der Waals surface area contributed by atoms with E-state index < -0.39 is 9.84 Å². The second-order valence-electron chi connectivity index (χ2n) is 9.30. The van der Waals surface area contributed by atoms with Crippen LogP contribution in [0.5, 0.6) is 11.5 Å². The van der Waals surface area contributed by atoms with E-state index in [0.717, 1.165) is 31.5 Å². The van der Waals surface area contributed by atoms with Crippen molar-refractivity contribution in [2.24, 2.45) is 11.8 Å². The quantitative estimate of drug-likeness (QED) is 0.664. The molecule has 4 rings (SSSR count). The van der Waals surface area contributed by atoms with E-state index in [-0.39, 0.29) is 17.2 Å². The van der Waals surface area contributed by atoms with Gasteiger partial charge in [0.25, 0.3) is 0 Å². The monoisotopic (exact) mass is 453 g/mol. The lowest BCUT2D eigenvalue weighted by atomic mass is 9.92. The van der Waals surface area contributed by atoms with Gasteiger partial charge in [-0.3, -0.25) is 4.90 Å². The van der Waals surface area contributed by atoms with Crippen LogP contribution in [0, 0.1) is 11.8 Å². The van der Waals surface area contributed by atoms with Crippen LogP contribution in [0.4, 0.5) is 0 Å². The first-order chi connectivity index (χ1) is 15.2. The van der Waals surface area contributed by atoms with Crippen molar-refractivity contribution >= 4 is 9.84 Å². The summed E-state index contributed by atoms with van der Waals surface area (Å²) in [5.41, 5.74) is 1.09. The summed E-state index contributed by atoms with van der Waals surface area (Å²) in [5.74, 6) is 1.17. The number of ether oxygens (including phenoxy) is 1. The lowest BCUT2D eigenvalue weighted by Crippen LogP contribution is -2.43. The highest BCUT2D eigenvalue weighted by Gasteiger charge is 2.39. The molecule has 170 valence electrons. The summed E-state index contributed by atoms with van der Waals surface area (Å²) < 4.78 is 31.3. The Morgan fingerprint density at radius 2 is 1.81 bits per heavy atom. The van der Waals surface area contributed by atoms with Crippen LogP contribution in [0.15, 0.2) is 76.6 Å². The number of hydrogen-bond acceptors (Lipinski definition) is 5. The van der Waals surface area contributed by atoms with Crippen molar-refractivity contribution in [3.05, 3.63) is 77.2 Å². The Labute approximate surface area is 190 Å². The molecule has 2 aliphatic rings. The van der Waals surface area contributed by atoms with Crippen LogP contribution in [0.2, 0.25) is 0 Å². The van der Waals surface area contributed by atoms with E-state index in [2.05, 4.69) is 24.8 Å². The number of likely N-dealkylation sites (tertiary alicyclic amines) is 1. The van der Waals surface area contributed by atoms with Crippen LogP contribution >= 0.6 is 0 Å². The van der Waals surface area contributed by atoms with E-state index in [1.807, 2.05) is 24.3 Å². The minimum atomic E-state index is -3.49. The third-order valence-corrected chi connectivity index (χ3v) is 8.57. The van der Waals surface area contributed by atoms with E-state index in [1.54, 1.807) is 43.5 Å². The smallest absolute Gasteiger partial charge is 0.206 e. The number of nitrogens with zero attached hydrogens (tertiary/aromatic N) is 1. The minimum Gasteiger partial charge on any atom is -0.504 e. The second-order valence-corrected chi connectivity index (χ2v) is 11.2. The van der Waals surface area contributed by atoms with Gasteiger partial charge in [-0.25, -0.2) is 8.42 Å². The molecule has 5 nitrogen and oxygen atoms in total. The van der Waals surface area contributed by atoms with Gasteiger partial charge in [-0.05, 0) is 74.4 Å². The van der Waals surface area contributed by atoms with Gasteiger partial charge in [0.2, 0.25) is 9.84 Å². The van der Waals surface area contributed by atoms with Crippen molar-refractivity contribution in [2.45, 2.75) is 37.1 Å². The molecule has 0 bridgehead atoms. The van der Waals surface area contributed by atoms with Crippen LogP contribution in [-0.4, -0.2) is 44.2 Å². The first kappa shape index (κ1) is 22.6. The van der Waals surface area contributed by atoms with Crippen LogP contribution in [0.3, 0.4) is 0 Å². The van der Waals surface area contributed by atoms with Crippen molar-refractivity contribution in [3.8, 4) is 11.5 Å². The molecule has 0 amide bonds. The van der Waals surface area contributed by atoms with Crippen molar-refractivity contribution in [1.82, 2.24) is 4.90 Å². The molecule has 1 N–H and O–H groups in total. The predicted molar refractivity (Wildman–Crippen MR) is 126 cm³/mol. The molecule has 2 aromatic rings. The maximum absolute atomic E-state index is 13.0. The van der Waals surface area contributed by atoms with E-state index in [4.69, 9.17) is 4.74 Å².